The SMILES string of the molecule is NC(=O)c1nn(CC(=O)N2CC(F)CC2C(=O)Nc2noc3cc(C(F)(F)F)ccc23)c2ccc(-c3ccccc3)cc12. The predicted molar refractivity (Wildman–Crippen MR) is 146 cm³/mol. The van der Waals surface area contributed by atoms with Gasteiger partial charge < -0.3 is 20.5 Å². The molecule has 0 bridgehead atoms. The van der Waals surface area contributed by atoms with Crippen molar-refractivity contribution in [2.75, 3.05) is 11.9 Å². The number of carbonyl (C=O) groups is 3. The molecule has 3 aromatic carbocycles. The van der Waals surface area contributed by atoms with Gasteiger partial charge in [0.05, 0.1) is 23.0 Å². The number of hydrogen-bond donors (Lipinski definition) is 2. The fraction of sp³-hybridized carbons (Fsp3) is 0.207. The molecule has 3 amide bonds. The van der Waals surface area contributed by atoms with Gasteiger partial charge in [-0.15, -0.1) is 0 Å². The number of fused-ring (bicyclic) bond motifs is 2. The summed E-state index contributed by atoms with van der Waals surface area (Å²) in [7, 11) is 0. The molecule has 0 saturated carbocycles. The molecule has 2 aromatic heterocycles. The monoisotopic (exact) mass is 594 g/mol. The number of aromatic nitrogens is 3. The van der Waals surface area contributed by atoms with E-state index >= 15 is 0 Å². The van der Waals surface area contributed by atoms with Gasteiger partial charge in [-0.1, -0.05) is 41.6 Å². The molecule has 2 unspecified atom stereocenters. The lowest BCUT2D eigenvalue weighted by Crippen LogP contribution is -2.44. The zero-order chi connectivity index (χ0) is 30.5. The summed E-state index contributed by atoms with van der Waals surface area (Å²) in [6.45, 7) is -0.788. The van der Waals surface area contributed by atoms with E-state index in [0.717, 1.165) is 34.2 Å². The van der Waals surface area contributed by atoms with Crippen molar-refractivity contribution in [2.24, 2.45) is 5.73 Å². The Morgan fingerprint density at radius 1 is 1.00 bits per heavy atom. The second kappa shape index (κ2) is 10.5. The number of benzene rings is 3. The summed E-state index contributed by atoms with van der Waals surface area (Å²) in [5.41, 5.74) is 6.48. The number of nitrogens with two attached hydrogens (primary N) is 1. The summed E-state index contributed by atoms with van der Waals surface area (Å²) in [4.78, 5) is 39.8. The van der Waals surface area contributed by atoms with Crippen molar-refractivity contribution in [1.29, 1.82) is 0 Å². The lowest BCUT2D eigenvalue weighted by Gasteiger charge is -2.23. The van der Waals surface area contributed by atoms with Crippen LogP contribution in [0.2, 0.25) is 0 Å². The first-order chi connectivity index (χ1) is 20.5. The summed E-state index contributed by atoms with van der Waals surface area (Å²) < 4.78 is 59.9. The number of likely N-dealkylation sites (tertiary alicyclic amines) is 1. The highest BCUT2D eigenvalue weighted by Gasteiger charge is 2.40. The first-order valence-electron chi connectivity index (χ1n) is 13.1. The maximum absolute atomic E-state index is 14.5. The second-order valence-electron chi connectivity index (χ2n) is 10.1. The zero-order valence-corrected chi connectivity index (χ0v) is 22.1. The van der Waals surface area contributed by atoms with Crippen molar-refractivity contribution in [3.63, 3.8) is 0 Å². The number of anilines is 1. The van der Waals surface area contributed by atoms with Crippen molar-refractivity contribution in [3.8, 4) is 11.1 Å². The van der Waals surface area contributed by atoms with Gasteiger partial charge in [0.1, 0.15) is 18.8 Å². The van der Waals surface area contributed by atoms with E-state index in [2.05, 4.69) is 15.6 Å². The van der Waals surface area contributed by atoms with Crippen LogP contribution in [0.3, 0.4) is 0 Å². The fourth-order valence-corrected chi connectivity index (χ4v) is 5.22. The van der Waals surface area contributed by atoms with Gasteiger partial charge in [0.25, 0.3) is 5.91 Å². The van der Waals surface area contributed by atoms with Crippen molar-refractivity contribution < 1.29 is 36.5 Å². The van der Waals surface area contributed by atoms with Gasteiger partial charge in [-0.25, -0.2) is 4.39 Å². The van der Waals surface area contributed by atoms with Crippen LogP contribution in [0.15, 0.2) is 71.3 Å². The third-order valence-corrected chi connectivity index (χ3v) is 7.29. The number of carbonyl (C=O) groups excluding carboxylic acids is 3. The average molecular weight is 595 g/mol. The van der Waals surface area contributed by atoms with Gasteiger partial charge in [-0.3, -0.25) is 19.1 Å². The molecule has 3 heterocycles. The maximum Gasteiger partial charge on any atom is 0.416 e. The number of nitrogens with zero attached hydrogens (tertiary/aromatic N) is 4. The molecule has 2 atom stereocenters. The number of rotatable bonds is 6. The maximum atomic E-state index is 14.5. The number of primary amides is 1. The zero-order valence-electron chi connectivity index (χ0n) is 22.1. The summed E-state index contributed by atoms with van der Waals surface area (Å²) in [5, 5.41) is 10.8. The van der Waals surface area contributed by atoms with Crippen LogP contribution < -0.4 is 11.1 Å². The highest BCUT2D eigenvalue weighted by Crippen LogP contribution is 2.34. The lowest BCUT2D eigenvalue weighted by molar-refractivity contribution is -0.137. The second-order valence-corrected chi connectivity index (χ2v) is 10.1. The molecule has 10 nitrogen and oxygen atoms in total. The number of alkyl halides is 4. The molecule has 14 heteroatoms. The van der Waals surface area contributed by atoms with Crippen LogP contribution >= 0.6 is 0 Å². The topological polar surface area (TPSA) is 136 Å². The first kappa shape index (κ1) is 27.9. The van der Waals surface area contributed by atoms with E-state index in [0.29, 0.717) is 10.9 Å². The van der Waals surface area contributed by atoms with Crippen LogP contribution in [0.25, 0.3) is 33.0 Å². The molecule has 1 fully saturated rings. The van der Waals surface area contributed by atoms with Crippen LogP contribution in [0.1, 0.15) is 22.5 Å². The highest BCUT2D eigenvalue weighted by atomic mass is 19.4. The third kappa shape index (κ3) is 5.27. The number of nitrogens with one attached hydrogen (secondary N) is 1. The summed E-state index contributed by atoms with van der Waals surface area (Å²) in [5.74, 6) is -2.40. The molecule has 0 aliphatic carbocycles. The van der Waals surface area contributed by atoms with Crippen molar-refractivity contribution in [2.45, 2.75) is 31.4 Å². The quantitative estimate of drug-likeness (QED) is 0.277. The smallest absolute Gasteiger partial charge is 0.364 e. The highest BCUT2D eigenvalue weighted by molar-refractivity contribution is 6.06. The van der Waals surface area contributed by atoms with Crippen molar-refractivity contribution in [3.05, 3.63) is 78.0 Å². The van der Waals surface area contributed by atoms with Crippen LogP contribution in [-0.4, -0.2) is 56.3 Å². The van der Waals surface area contributed by atoms with E-state index in [1.54, 1.807) is 18.2 Å². The van der Waals surface area contributed by atoms with Crippen LogP contribution in [0.5, 0.6) is 0 Å². The first-order valence-corrected chi connectivity index (χ1v) is 13.1. The van der Waals surface area contributed by atoms with Gasteiger partial charge in [-0.05, 0) is 41.5 Å². The van der Waals surface area contributed by atoms with Gasteiger partial charge in [0.15, 0.2) is 17.1 Å². The molecule has 43 heavy (non-hydrogen) atoms. The average Bonchev–Trinajstić information content (AvgIpc) is 3.68. The van der Waals surface area contributed by atoms with Crippen LogP contribution in [0, 0.1) is 0 Å². The van der Waals surface area contributed by atoms with E-state index in [1.165, 1.54) is 4.68 Å². The van der Waals surface area contributed by atoms with Crippen molar-refractivity contribution >= 4 is 45.4 Å². The van der Waals surface area contributed by atoms with Gasteiger partial charge in [-0.2, -0.15) is 18.3 Å². The Kier molecular flexibility index (Phi) is 6.83. The van der Waals surface area contributed by atoms with Gasteiger partial charge in [0, 0.05) is 11.8 Å². The minimum absolute atomic E-state index is 0.0498. The third-order valence-electron chi connectivity index (χ3n) is 7.29. The Balaban J connectivity index is 1.24. The molecule has 6 rings (SSSR count). The van der Waals surface area contributed by atoms with E-state index < -0.39 is 48.2 Å². The van der Waals surface area contributed by atoms with E-state index in [-0.39, 0.29) is 35.4 Å². The van der Waals surface area contributed by atoms with E-state index in [9.17, 15) is 31.9 Å². The normalized spacial score (nSPS) is 17.1. The largest absolute Gasteiger partial charge is 0.416 e. The Morgan fingerprint density at radius 2 is 1.77 bits per heavy atom. The lowest BCUT2D eigenvalue weighted by atomic mass is 10.0. The summed E-state index contributed by atoms with van der Waals surface area (Å²) in [6, 6.07) is 16.0. The molecule has 1 aliphatic rings. The number of halogens is 4. The van der Waals surface area contributed by atoms with Crippen LogP contribution in [0.4, 0.5) is 23.4 Å². The number of amides is 3. The molecule has 5 aromatic rings. The minimum Gasteiger partial charge on any atom is -0.364 e. The predicted octanol–water partition coefficient (Wildman–Crippen LogP) is 4.54. The Hall–Kier alpha value is -5.27. The molecule has 0 spiro atoms. The molecule has 3 N–H and O–H groups in total. The Bertz CT molecular complexity index is 1880. The standard InChI is InChI=1S/C29H22F4N6O4/c30-18-12-22(28(42)35-27-19-8-7-17(29(31,32)33)11-23(19)43-37-27)38(13-18)24(40)14-39-21-9-6-16(15-4-2-1-3-5-15)10-20(21)25(36-39)26(34)41/h1-11,18,22H,12-14H2,(H2,34,41)(H,35,37,42). The molecule has 1 saturated heterocycles. The summed E-state index contributed by atoms with van der Waals surface area (Å²) in [6.07, 6.45) is -6.42. The van der Waals surface area contributed by atoms with Crippen molar-refractivity contribution in [1.82, 2.24) is 19.8 Å². The van der Waals surface area contributed by atoms with E-state index in [4.69, 9.17) is 10.3 Å². The fourth-order valence-electron chi connectivity index (χ4n) is 5.22. The number of hydrogen-bond acceptors (Lipinski definition) is 6. The van der Waals surface area contributed by atoms with E-state index in [1.807, 2.05) is 30.3 Å². The molecule has 0 radical (unpaired) electrons. The molecular weight excluding hydrogens is 572 g/mol. The summed E-state index contributed by atoms with van der Waals surface area (Å²) >= 11 is 0. The molecule has 1 aliphatic heterocycles. The van der Waals surface area contributed by atoms with Crippen LogP contribution in [-0.2, 0) is 22.3 Å². The Morgan fingerprint density at radius 3 is 2.49 bits per heavy atom. The molecular formula is C29H22F4N6O4. The van der Waals surface area contributed by atoms with Gasteiger partial charge >= 0.3 is 6.18 Å². The van der Waals surface area contributed by atoms with Gasteiger partial charge in [0.2, 0.25) is 11.8 Å². The molecule has 220 valence electrons. The minimum atomic E-state index is -4.60. The Labute approximate surface area is 240 Å².